The average molecular weight is 391 g/mol. The van der Waals surface area contributed by atoms with E-state index in [-0.39, 0.29) is 6.10 Å². The first-order valence-electron chi connectivity index (χ1n) is 9.65. The van der Waals surface area contributed by atoms with Crippen LogP contribution in [0.2, 0.25) is 0 Å². The van der Waals surface area contributed by atoms with Gasteiger partial charge < -0.3 is 4.74 Å². The summed E-state index contributed by atoms with van der Waals surface area (Å²) < 4.78 is 8.10. The van der Waals surface area contributed by atoms with Gasteiger partial charge in [-0.1, -0.05) is 30.3 Å². The van der Waals surface area contributed by atoms with Crippen LogP contribution < -0.4 is 4.74 Å². The van der Waals surface area contributed by atoms with Gasteiger partial charge in [-0.3, -0.25) is 4.90 Å². The standard InChI is InChI=1S/C22H22N4OS/c1-2-4-17(5-3-1)15-25-11-8-19(9-12-25)27-22-7-6-21-23-14-20(26(21)24-22)18-10-13-28-16-18/h1-7,10,13-14,16,19H,8-9,11-12,15H2. The first kappa shape index (κ1) is 17.4. The summed E-state index contributed by atoms with van der Waals surface area (Å²) in [5, 5.41) is 8.87. The molecule has 0 amide bonds. The monoisotopic (exact) mass is 390 g/mol. The van der Waals surface area contributed by atoms with Crippen molar-refractivity contribution in [1.82, 2.24) is 19.5 Å². The minimum absolute atomic E-state index is 0.213. The summed E-state index contributed by atoms with van der Waals surface area (Å²) in [6, 6.07) is 16.7. The van der Waals surface area contributed by atoms with Crippen molar-refractivity contribution < 1.29 is 4.74 Å². The van der Waals surface area contributed by atoms with E-state index >= 15 is 0 Å². The maximum absolute atomic E-state index is 6.22. The molecule has 1 aromatic carbocycles. The van der Waals surface area contributed by atoms with E-state index in [1.807, 2.05) is 22.8 Å². The van der Waals surface area contributed by atoms with Crippen LogP contribution in [0.1, 0.15) is 18.4 Å². The molecule has 1 saturated heterocycles. The van der Waals surface area contributed by atoms with Crippen LogP contribution in [-0.2, 0) is 6.54 Å². The van der Waals surface area contributed by atoms with Crippen LogP contribution in [0.15, 0.2) is 65.5 Å². The van der Waals surface area contributed by atoms with Crippen molar-refractivity contribution in [3.8, 4) is 17.1 Å². The van der Waals surface area contributed by atoms with E-state index in [0.29, 0.717) is 5.88 Å². The molecule has 4 aromatic rings. The molecule has 5 nitrogen and oxygen atoms in total. The average Bonchev–Trinajstić information content (AvgIpc) is 3.39. The highest BCUT2D eigenvalue weighted by molar-refractivity contribution is 7.08. The number of hydrogen-bond acceptors (Lipinski definition) is 5. The SMILES string of the molecule is c1ccc(CN2CCC(Oc3ccc4ncc(-c5ccsc5)n4n3)CC2)cc1. The predicted octanol–water partition coefficient (Wildman–Crippen LogP) is 4.50. The minimum Gasteiger partial charge on any atom is -0.473 e. The molecule has 0 atom stereocenters. The first-order chi connectivity index (χ1) is 13.8. The Labute approximate surface area is 168 Å². The van der Waals surface area contributed by atoms with E-state index in [9.17, 15) is 0 Å². The molecule has 28 heavy (non-hydrogen) atoms. The van der Waals surface area contributed by atoms with Crippen molar-refractivity contribution >= 4 is 17.0 Å². The minimum atomic E-state index is 0.213. The number of thiophene rings is 1. The Morgan fingerprint density at radius 1 is 1.04 bits per heavy atom. The molecule has 4 heterocycles. The van der Waals surface area contributed by atoms with Crippen LogP contribution in [0.4, 0.5) is 0 Å². The number of aromatic nitrogens is 3. The molecule has 142 valence electrons. The van der Waals surface area contributed by atoms with E-state index < -0.39 is 0 Å². The summed E-state index contributed by atoms with van der Waals surface area (Å²) in [5.41, 5.74) is 4.34. The number of imidazole rings is 1. The molecule has 0 aliphatic carbocycles. The topological polar surface area (TPSA) is 42.7 Å². The zero-order valence-corrected chi connectivity index (χ0v) is 16.4. The summed E-state index contributed by atoms with van der Waals surface area (Å²) in [5.74, 6) is 0.670. The Bertz CT molecular complexity index is 1040. The third kappa shape index (κ3) is 3.66. The molecule has 1 aliphatic heterocycles. The summed E-state index contributed by atoms with van der Waals surface area (Å²) >= 11 is 1.67. The second kappa shape index (κ2) is 7.73. The Morgan fingerprint density at radius 3 is 2.68 bits per heavy atom. The lowest BCUT2D eigenvalue weighted by molar-refractivity contribution is 0.0922. The highest BCUT2D eigenvalue weighted by Gasteiger charge is 2.21. The zero-order chi connectivity index (χ0) is 18.8. The second-order valence-electron chi connectivity index (χ2n) is 7.18. The van der Waals surface area contributed by atoms with Crippen LogP contribution >= 0.6 is 11.3 Å². The van der Waals surface area contributed by atoms with Gasteiger partial charge in [-0.05, 0) is 35.9 Å². The van der Waals surface area contributed by atoms with Crippen molar-refractivity contribution in [1.29, 1.82) is 0 Å². The largest absolute Gasteiger partial charge is 0.473 e. The predicted molar refractivity (Wildman–Crippen MR) is 112 cm³/mol. The fourth-order valence-electron chi connectivity index (χ4n) is 3.72. The lowest BCUT2D eigenvalue weighted by atomic mass is 10.1. The molecule has 3 aromatic heterocycles. The van der Waals surface area contributed by atoms with Gasteiger partial charge in [0, 0.05) is 36.6 Å². The van der Waals surface area contributed by atoms with E-state index in [0.717, 1.165) is 49.4 Å². The van der Waals surface area contributed by atoms with Gasteiger partial charge >= 0.3 is 0 Å². The number of hydrogen-bond donors (Lipinski definition) is 0. The summed E-state index contributed by atoms with van der Waals surface area (Å²) in [6.45, 7) is 3.11. The molecule has 1 aliphatic rings. The van der Waals surface area contributed by atoms with Crippen molar-refractivity contribution in [2.45, 2.75) is 25.5 Å². The van der Waals surface area contributed by atoms with E-state index in [2.05, 4.69) is 57.0 Å². The maximum atomic E-state index is 6.22. The van der Waals surface area contributed by atoms with E-state index in [1.165, 1.54) is 5.56 Å². The number of ether oxygens (including phenoxy) is 1. The summed E-state index contributed by atoms with van der Waals surface area (Å²) in [4.78, 5) is 6.95. The number of fused-ring (bicyclic) bond motifs is 1. The van der Waals surface area contributed by atoms with Gasteiger partial charge in [-0.25, -0.2) is 9.50 Å². The fraction of sp³-hybridized carbons (Fsp3) is 0.273. The van der Waals surface area contributed by atoms with E-state index in [1.54, 1.807) is 11.3 Å². The highest BCUT2D eigenvalue weighted by Crippen LogP contribution is 2.24. The first-order valence-corrected chi connectivity index (χ1v) is 10.6. The van der Waals surface area contributed by atoms with E-state index in [4.69, 9.17) is 9.84 Å². The van der Waals surface area contributed by atoms with Gasteiger partial charge in [0.15, 0.2) is 5.65 Å². The Morgan fingerprint density at radius 2 is 1.89 bits per heavy atom. The Kier molecular flexibility index (Phi) is 4.81. The highest BCUT2D eigenvalue weighted by atomic mass is 32.1. The van der Waals surface area contributed by atoms with Crippen molar-refractivity contribution in [2.24, 2.45) is 0 Å². The van der Waals surface area contributed by atoms with Crippen LogP contribution in [0.3, 0.4) is 0 Å². The number of rotatable bonds is 5. The third-order valence-corrected chi connectivity index (χ3v) is 5.91. The second-order valence-corrected chi connectivity index (χ2v) is 7.96. The Balaban J connectivity index is 1.24. The molecule has 5 rings (SSSR count). The summed E-state index contributed by atoms with van der Waals surface area (Å²) in [6.07, 6.45) is 4.13. The number of nitrogens with zero attached hydrogens (tertiary/aromatic N) is 4. The van der Waals surface area contributed by atoms with Gasteiger partial charge in [0.2, 0.25) is 5.88 Å². The molecule has 0 N–H and O–H groups in total. The van der Waals surface area contributed by atoms with Crippen molar-refractivity contribution in [3.63, 3.8) is 0 Å². The van der Waals surface area contributed by atoms with Crippen molar-refractivity contribution in [2.75, 3.05) is 13.1 Å². The normalized spacial score (nSPS) is 15.9. The maximum Gasteiger partial charge on any atom is 0.232 e. The third-order valence-electron chi connectivity index (χ3n) is 5.23. The molecule has 0 spiro atoms. The molecule has 1 fully saturated rings. The van der Waals surface area contributed by atoms with Gasteiger partial charge in [-0.2, -0.15) is 11.3 Å². The van der Waals surface area contributed by atoms with Crippen LogP contribution in [0.5, 0.6) is 5.88 Å². The fourth-order valence-corrected chi connectivity index (χ4v) is 4.37. The zero-order valence-electron chi connectivity index (χ0n) is 15.6. The lowest BCUT2D eigenvalue weighted by Crippen LogP contribution is -2.37. The smallest absolute Gasteiger partial charge is 0.232 e. The molecule has 0 bridgehead atoms. The lowest BCUT2D eigenvalue weighted by Gasteiger charge is -2.31. The van der Waals surface area contributed by atoms with Crippen LogP contribution in [-0.4, -0.2) is 38.7 Å². The van der Waals surface area contributed by atoms with Gasteiger partial charge in [0.05, 0.1) is 11.9 Å². The van der Waals surface area contributed by atoms with Crippen LogP contribution in [0, 0.1) is 0 Å². The Hall–Kier alpha value is -2.70. The molecular weight excluding hydrogens is 368 g/mol. The molecule has 6 heteroatoms. The molecule has 0 unspecified atom stereocenters. The molecular formula is C22H22N4OS. The van der Waals surface area contributed by atoms with Gasteiger partial charge in [-0.15, -0.1) is 5.10 Å². The number of piperidine rings is 1. The summed E-state index contributed by atoms with van der Waals surface area (Å²) in [7, 11) is 0. The quantitative estimate of drug-likeness (QED) is 0.503. The van der Waals surface area contributed by atoms with Gasteiger partial charge in [0.25, 0.3) is 0 Å². The number of likely N-dealkylation sites (tertiary alicyclic amines) is 1. The van der Waals surface area contributed by atoms with Gasteiger partial charge in [0.1, 0.15) is 6.10 Å². The van der Waals surface area contributed by atoms with Crippen LogP contribution in [0.25, 0.3) is 16.9 Å². The van der Waals surface area contributed by atoms with Crippen molar-refractivity contribution in [3.05, 3.63) is 71.1 Å². The molecule has 0 radical (unpaired) electrons. The molecule has 0 saturated carbocycles. The number of benzene rings is 1.